The third-order valence-electron chi connectivity index (χ3n) is 3.88. The number of rotatable bonds is 4. The Kier molecular flexibility index (Phi) is 4.67. The van der Waals surface area contributed by atoms with E-state index in [2.05, 4.69) is 5.32 Å². The van der Waals surface area contributed by atoms with E-state index in [9.17, 15) is 4.79 Å². The predicted molar refractivity (Wildman–Crippen MR) is 93.6 cm³/mol. The number of carbonyl (C=O) groups excluding carboxylic acids is 1. The number of para-hydroxylation sites is 1. The molecular weight excluding hydrogens is 326 g/mol. The molecule has 0 aromatic heterocycles. The van der Waals surface area contributed by atoms with Crippen molar-refractivity contribution in [3.8, 4) is 11.5 Å². The van der Waals surface area contributed by atoms with Crippen LogP contribution in [0.5, 0.6) is 11.5 Å². The van der Waals surface area contributed by atoms with E-state index < -0.39 is 0 Å². The van der Waals surface area contributed by atoms with Gasteiger partial charge in [-0.15, -0.1) is 0 Å². The highest BCUT2D eigenvalue weighted by Crippen LogP contribution is 2.39. The molecule has 1 unspecified atom stereocenters. The predicted octanol–water partition coefficient (Wildman–Crippen LogP) is 4.14. The van der Waals surface area contributed by atoms with Crippen LogP contribution in [0.15, 0.2) is 48.5 Å². The summed E-state index contributed by atoms with van der Waals surface area (Å²) in [7, 11) is 0. The normalized spacial score (nSPS) is 18.2. The van der Waals surface area contributed by atoms with Crippen molar-refractivity contribution in [3.05, 3.63) is 59.1 Å². The highest BCUT2D eigenvalue weighted by atomic mass is 35.5. The van der Waals surface area contributed by atoms with Gasteiger partial charge >= 0.3 is 0 Å². The summed E-state index contributed by atoms with van der Waals surface area (Å²) >= 11 is 5.91. The zero-order valence-corrected chi connectivity index (χ0v) is 14.5. The second kappa shape index (κ2) is 6.73. The summed E-state index contributed by atoms with van der Waals surface area (Å²) in [5.74, 6) is 1.22. The fourth-order valence-corrected chi connectivity index (χ4v) is 3.05. The van der Waals surface area contributed by atoms with Gasteiger partial charge < -0.3 is 14.8 Å². The van der Waals surface area contributed by atoms with E-state index in [1.54, 1.807) is 24.3 Å². The Morgan fingerprint density at radius 2 is 2.08 bits per heavy atom. The van der Waals surface area contributed by atoms with Gasteiger partial charge in [0.25, 0.3) is 5.91 Å². The number of amides is 1. The molecule has 1 aliphatic rings. The van der Waals surface area contributed by atoms with Crippen LogP contribution in [0.4, 0.5) is 0 Å². The lowest BCUT2D eigenvalue weighted by Crippen LogP contribution is -2.42. The van der Waals surface area contributed by atoms with Crippen molar-refractivity contribution in [1.82, 2.24) is 5.32 Å². The minimum absolute atomic E-state index is 0.0553. The fourth-order valence-electron chi connectivity index (χ4n) is 2.87. The number of ether oxygens (including phenoxy) is 2. The highest BCUT2D eigenvalue weighted by molar-refractivity contribution is 6.30. The second-order valence-electron chi connectivity index (χ2n) is 6.47. The first-order valence-electron chi connectivity index (χ1n) is 7.89. The zero-order valence-electron chi connectivity index (χ0n) is 13.7. The van der Waals surface area contributed by atoms with Crippen LogP contribution >= 0.6 is 11.6 Å². The summed E-state index contributed by atoms with van der Waals surface area (Å²) in [6.07, 6.45) is 0.701. The molecule has 1 atom stereocenters. The maximum absolute atomic E-state index is 12.3. The van der Waals surface area contributed by atoms with Crippen LogP contribution in [-0.2, 0) is 4.79 Å². The van der Waals surface area contributed by atoms with Crippen LogP contribution in [0, 0.1) is 0 Å². The van der Waals surface area contributed by atoms with Gasteiger partial charge in [0.05, 0.1) is 6.04 Å². The molecule has 0 aliphatic carbocycles. The quantitative estimate of drug-likeness (QED) is 0.906. The van der Waals surface area contributed by atoms with E-state index in [-0.39, 0.29) is 24.2 Å². The van der Waals surface area contributed by atoms with Crippen molar-refractivity contribution < 1.29 is 14.3 Å². The SMILES string of the molecule is CC1(C)CC(NC(=O)COc2cccc(Cl)c2)c2ccccc2O1. The molecule has 1 aliphatic heterocycles. The molecule has 2 aromatic carbocycles. The zero-order chi connectivity index (χ0) is 17.2. The van der Waals surface area contributed by atoms with Gasteiger partial charge in [-0.05, 0) is 38.1 Å². The van der Waals surface area contributed by atoms with E-state index in [0.29, 0.717) is 17.2 Å². The van der Waals surface area contributed by atoms with E-state index in [0.717, 1.165) is 11.3 Å². The largest absolute Gasteiger partial charge is 0.487 e. The summed E-state index contributed by atoms with van der Waals surface area (Å²) < 4.78 is 11.5. The minimum Gasteiger partial charge on any atom is -0.487 e. The van der Waals surface area contributed by atoms with Crippen LogP contribution in [0.25, 0.3) is 0 Å². The van der Waals surface area contributed by atoms with Gasteiger partial charge in [0, 0.05) is 17.0 Å². The first-order chi connectivity index (χ1) is 11.4. The summed E-state index contributed by atoms with van der Waals surface area (Å²) in [6, 6.07) is 14.7. The third-order valence-corrected chi connectivity index (χ3v) is 4.11. The van der Waals surface area contributed by atoms with E-state index in [1.165, 1.54) is 0 Å². The van der Waals surface area contributed by atoms with Crippen molar-refractivity contribution in [2.24, 2.45) is 0 Å². The number of nitrogens with one attached hydrogen (secondary N) is 1. The average molecular weight is 346 g/mol. The molecule has 0 bridgehead atoms. The topological polar surface area (TPSA) is 47.6 Å². The molecule has 1 heterocycles. The monoisotopic (exact) mass is 345 g/mol. The van der Waals surface area contributed by atoms with E-state index in [4.69, 9.17) is 21.1 Å². The first kappa shape index (κ1) is 16.7. The Bertz CT molecular complexity index is 745. The molecule has 0 saturated heterocycles. The summed E-state index contributed by atoms with van der Waals surface area (Å²) in [6.45, 7) is 3.98. The molecule has 4 nitrogen and oxygen atoms in total. The average Bonchev–Trinajstić information content (AvgIpc) is 2.52. The molecule has 1 amide bonds. The number of benzene rings is 2. The molecule has 0 saturated carbocycles. The Morgan fingerprint density at radius 1 is 1.29 bits per heavy atom. The molecule has 5 heteroatoms. The molecule has 2 aromatic rings. The van der Waals surface area contributed by atoms with Crippen molar-refractivity contribution in [3.63, 3.8) is 0 Å². The van der Waals surface area contributed by atoms with Gasteiger partial charge in [0.15, 0.2) is 6.61 Å². The van der Waals surface area contributed by atoms with Gasteiger partial charge in [0.2, 0.25) is 0 Å². The van der Waals surface area contributed by atoms with Crippen molar-refractivity contribution in [2.75, 3.05) is 6.61 Å². The standard InChI is InChI=1S/C19H20ClNO3/c1-19(2)11-16(15-8-3-4-9-17(15)24-19)21-18(22)12-23-14-7-5-6-13(20)10-14/h3-10,16H,11-12H2,1-2H3,(H,21,22). The van der Waals surface area contributed by atoms with Crippen LogP contribution in [0.2, 0.25) is 5.02 Å². The molecular formula is C19H20ClNO3. The maximum Gasteiger partial charge on any atom is 0.258 e. The molecule has 24 heavy (non-hydrogen) atoms. The molecule has 126 valence electrons. The van der Waals surface area contributed by atoms with Gasteiger partial charge in [-0.3, -0.25) is 4.79 Å². The number of hydrogen-bond acceptors (Lipinski definition) is 3. The summed E-state index contributed by atoms with van der Waals surface area (Å²) in [5, 5.41) is 3.62. The summed E-state index contributed by atoms with van der Waals surface area (Å²) in [5.41, 5.74) is 0.660. The number of hydrogen-bond donors (Lipinski definition) is 1. The smallest absolute Gasteiger partial charge is 0.258 e. The third kappa shape index (κ3) is 4.01. The summed E-state index contributed by atoms with van der Waals surface area (Å²) in [4.78, 5) is 12.3. The van der Waals surface area contributed by atoms with Crippen LogP contribution < -0.4 is 14.8 Å². The lowest BCUT2D eigenvalue weighted by Gasteiger charge is -2.37. The fraction of sp³-hybridized carbons (Fsp3) is 0.316. The first-order valence-corrected chi connectivity index (χ1v) is 8.26. The molecule has 0 fully saturated rings. The second-order valence-corrected chi connectivity index (χ2v) is 6.91. The lowest BCUT2D eigenvalue weighted by atomic mass is 9.90. The van der Waals surface area contributed by atoms with Crippen LogP contribution in [-0.4, -0.2) is 18.1 Å². The van der Waals surface area contributed by atoms with Gasteiger partial charge in [-0.25, -0.2) is 0 Å². The Hall–Kier alpha value is -2.20. The molecule has 0 spiro atoms. The van der Waals surface area contributed by atoms with Crippen LogP contribution in [0.1, 0.15) is 31.9 Å². The molecule has 3 rings (SSSR count). The van der Waals surface area contributed by atoms with E-state index >= 15 is 0 Å². The van der Waals surface area contributed by atoms with Crippen molar-refractivity contribution >= 4 is 17.5 Å². The maximum atomic E-state index is 12.3. The molecule has 1 N–H and O–H groups in total. The Morgan fingerprint density at radius 3 is 2.88 bits per heavy atom. The van der Waals surface area contributed by atoms with Gasteiger partial charge in [0.1, 0.15) is 17.1 Å². The van der Waals surface area contributed by atoms with Crippen molar-refractivity contribution in [2.45, 2.75) is 31.9 Å². The number of carbonyl (C=O) groups is 1. The number of halogens is 1. The van der Waals surface area contributed by atoms with Gasteiger partial charge in [-0.1, -0.05) is 35.9 Å². The highest BCUT2D eigenvalue weighted by Gasteiger charge is 2.34. The van der Waals surface area contributed by atoms with Crippen molar-refractivity contribution in [1.29, 1.82) is 0 Å². The Labute approximate surface area is 146 Å². The number of fused-ring (bicyclic) bond motifs is 1. The van der Waals surface area contributed by atoms with E-state index in [1.807, 2.05) is 38.1 Å². The lowest BCUT2D eigenvalue weighted by molar-refractivity contribution is -0.124. The molecule has 0 radical (unpaired) electrons. The van der Waals surface area contributed by atoms with Crippen LogP contribution in [0.3, 0.4) is 0 Å². The van der Waals surface area contributed by atoms with Gasteiger partial charge in [-0.2, -0.15) is 0 Å². The minimum atomic E-state index is -0.333. The Balaban J connectivity index is 1.65.